The molecule has 2 amide bonds. The highest BCUT2D eigenvalue weighted by atomic mass is 35.5. The highest BCUT2D eigenvalue weighted by Crippen LogP contribution is 2.20. The molecule has 0 saturated carbocycles. The number of hydrogen-bond acceptors (Lipinski definition) is 4. The number of hydrazone groups is 2. The fourth-order valence-electron chi connectivity index (χ4n) is 2.77. The maximum Gasteiger partial charge on any atom is 0.240 e. The number of benzene rings is 2. The zero-order chi connectivity index (χ0) is 24.1. The molecule has 0 atom stereocenters. The Morgan fingerprint density at radius 3 is 1.45 bits per heavy atom. The monoisotopic (exact) mass is 528 g/mol. The molecule has 0 aliphatic heterocycles. The first-order chi connectivity index (χ1) is 15.8. The normalized spacial score (nSPS) is 11.3. The van der Waals surface area contributed by atoms with E-state index in [9.17, 15) is 9.59 Å². The van der Waals surface area contributed by atoms with E-state index >= 15 is 0 Å². The minimum Gasteiger partial charge on any atom is -0.273 e. The predicted molar refractivity (Wildman–Crippen MR) is 137 cm³/mol. The summed E-state index contributed by atoms with van der Waals surface area (Å²) < 4.78 is 0. The summed E-state index contributed by atoms with van der Waals surface area (Å²) in [5, 5.41) is 9.83. The molecule has 0 heterocycles. The van der Waals surface area contributed by atoms with Crippen molar-refractivity contribution in [3.63, 3.8) is 0 Å². The molecule has 0 unspecified atom stereocenters. The van der Waals surface area contributed by atoms with Crippen LogP contribution in [-0.2, 0) is 9.59 Å². The van der Waals surface area contributed by atoms with Gasteiger partial charge in [-0.25, -0.2) is 10.9 Å². The van der Waals surface area contributed by atoms with Crippen molar-refractivity contribution in [2.24, 2.45) is 10.2 Å². The first-order valence-corrected chi connectivity index (χ1v) is 11.9. The second kappa shape index (κ2) is 14.9. The summed E-state index contributed by atoms with van der Waals surface area (Å²) in [7, 11) is 0. The van der Waals surface area contributed by atoms with Crippen molar-refractivity contribution in [1.29, 1.82) is 0 Å². The summed E-state index contributed by atoms with van der Waals surface area (Å²) in [6, 6.07) is 10.1. The molecule has 0 spiro atoms. The Balaban J connectivity index is 1.51. The molecule has 10 heteroatoms. The van der Waals surface area contributed by atoms with Crippen LogP contribution in [0.3, 0.4) is 0 Å². The van der Waals surface area contributed by atoms with Crippen molar-refractivity contribution in [2.75, 3.05) is 0 Å². The van der Waals surface area contributed by atoms with Crippen LogP contribution >= 0.6 is 46.4 Å². The number of carbonyl (C=O) groups is 2. The summed E-state index contributed by atoms with van der Waals surface area (Å²) >= 11 is 23.8. The van der Waals surface area contributed by atoms with Gasteiger partial charge < -0.3 is 0 Å². The lowest BCUT2D eigenvalue weighted by molar-refractivity contribution is -0.121. The summed E-state index contributed by atoms with van der Waals surface area (Å²) in [4.78, 5) is 23.7. The number of nitrogens with one attached hydrogen (secondary N) is 2. The van der Waals surface area contributed by atoms with E-state index < -0.39 is 0 Å². The van der Waals surface area contributed by atoms with Crippen LogP contribution in [0.15, 0.2) is 46.6 Å². The Bertz CT molecular complexity index is 932. The third kappa shape index (κ3) is 11.0. The van der Waals surface area contributed by atoms with Gasteiger partial charge >= 0.3 is 0 Å². The third-order valence-corrected chi connectivity index (χ3v) is 5.64. The van der Waals surface area contributed by atoms with Crippen LogP contribution < -0.4 is 10.9 Å². The van der Waals surface area contributed by atoms with Crippen molar-refractivity contribution < 1.29 is 9.59 Å². The molecule has 0 aliphatic carbocycles. The number of nitrogens with zero attached hydrogens (tertiary/aromatic N) is 2. The minimum absolute atomic E-state index is 0.158. The minimum atomic E-state index is -0.158. The van der Waals surface area contributed by atoms with Gasteiger partial charge in [-0.05, 0) is 37.1 Å². The number of rotatable bonds is 12. The van der Waals surface area contributed by atoms with E-state index in [1.54, 1.807) is 36.4 Å². The molecule has 0 radical (unpaired) electrons. The SMILES string of the molecule is O=C(CCCCCCCC(=O)N/N=C/c1ccc(Cl)cc1Cl)N/N=C/c1ccc(Cl)cc1Cl. The van der Waals surface area contributed by atoms with Gasteiger partial charge in [-0.1, -0.05) is 77.8 Å². The van der Waals surface area contributed by atoms with Crippen molar-refractivity contribution >= 4 is 70.6 Å². The van der Waals surface area contributed by atoms with Crippen molar-refractivity contribution in [3.8, 4) is 0 Å². The average Bonchev–Trinajstić information content (AvgIpc) is 2.76. The zero-order valence-corrected chi connectivity index (χ0v) is 20.8. The molecule has 2 N–H and O–H groups in total. The molecule has 0 fully saturated rings. The molecule has 176 valence electrons. The van der Waals surface area contributed by atoms with E-state index in [4.69, 9.17) is 46.4 Å². The van der Waals surface area contributed by atoms with Gasteiger partial charge in [-0.3, -0.25) is 9.59 Å². The van der Waals surface area contributed by atoms with Gasteiger partial charge in [-0.2, -0.15) is 10.2 Å². The topological polar surface area (TPSA) is 82.9 Å². The smallest absolute Gasteiger partial charge is 0.240 e. The van der Waals surface area contributed by atoms with Crippen LogP contribution in [0.4, 0.5) is 0 Å². The predicted octanol–water partition coefficient (Wildman–Crippen LogP) is 6.63. The molecule has 0 aromatic heterocycles. The van der Waals surface area contributed by atoms with Crippen molar-refractivity contribution in [1.82, 2.24) is 10.9 Å². The van der Waals surface area contributed by atoms with Crippen molar-refractivity contribution in [3.05, 3.63) is 67.6 Å². The Kier molecular flexibility index (Phi) is 12.3. The molecule has 0 aliphatic rings. The highest BCUT2D eigenvalue weighted by molar-refractivity contribution is 6.36. The molecule has 2 aromatic carbocycles. The zero-order valence-electron chi connectivity index (χ0n) is 17.8. The van der Waals surface area contributed by atoms with Gasteiger partial charge in [0.15, 0.2) is 0 Å². The van der Waals surface area contributed by atoms with Gasteiger partial charge in [-0.15, -0.1) is 0 Å². The van der Waals surface area contributed by atoms with E-state index in [-0.39, 0.29) is 11.8 Å². The molecule has 33 heavy (non-hydrogen) atoms. The average molecular weight is 530 g/mol. The number of carbonyl (C=O) groups excluding carboxylic acids is 2. The van der Waals surface area contributed by atoms with Gasteiger partial charge in [0.25, 0.3) is 0 Å². The summed E-state index contributed by atoms with van der Waals surface area (Å²) in [6.07, 6.45) is 7.97. The van der Waals surface area contributed by atoms with Crippen LogP contribution in [-0.4, -0.2) is 24.2 Å². The number of unbranched alkanes of at least 4 members (excludes halogenated alkanes) is 4. The Labute approximate surface area is 213 Å². The van der Waals surface area contributed by atoms with Gasteiger partial charge in [0, 0.05) is 34.0 Å². The summed E-state index contributed by atoms with van der Waals surface area (Å²) in [5.41, 5.74) is 6.31. The lowest BCUT2D eigenvalue weighted by atomic mass is 10.1. The standard InChI is InChI=1S/C23H24Cl4N4O2/c24-18-10-8-16(20(26)12-18)14-28-30-22(32)6-4-2-1-3-5-7-23(33)31-29-15-17-9-11-19(25)13-21(17)27/h8-15H,1-7H2,(H,30,32)(H,31,33)/b28-14+,29-15+. The Morgan fingerprint density at radius 2 is 1.06 bits per heavy atom. The van der Waals surface area contributed by atoms with Gasteiger partial charge in [0.2, 0.25) is 11.8 Å². The second-order valence-corrected chi connectivity index (χ2v) is 8.87. The van der Waals surface area contributed by atoms with E-state index in [0.29, 0.717) is 44.1 Å². The maximum atomic E-state index is 11.8. The Morgan fingerprint density at radius 1 is 0.667 bits per heavy atom. The van der Waals surface area contributed by atoms with Gasteiger partial charge in [0.05, 0.1) is 22.5 Å². The van der Waals surface area contributed by atoms with Crippen LogP contribution in [0.25, 0.3) is 0 Å². The third-order valence-electron chi connectivity index (χ3n) is 4.52. The second-order valence-electron chi connectivity index (χ2n) is 7.19. The van der Waals surface area contributed by atoms with Crippen LogP contribution in [0.1, 0.15) is 56.1 Å². The number of amides is 2. The molecule has 0 bridgehead atoms. The fraction of sp³-hybridized carbons (Fsp3) is 0.304. The van der Waals surface area contributed by atoms with E-state index in [1.165, 1.54) is 12.4 Å². The van der Waals surface area contributed by atoms with Crippen LogP contribution in [0.5, 0.6) is 0 Å². The molecule has 0 saturated heterocycles. The Hall–Kier alpha value is -2.12. The largest absolute Gasteiger partial charge is 0.273 e. The number of halogens is 4. The van der Waals surface area contributed by atoms with Gasteiger partial charge in [0.1, 0.15) is 0 Å². The van der Waals surface area contributed by atoms with E-state index in [2.05, 4.69) is 21.1 Å². The first kappa shape index (κ1) is 27.1. The molecule has 2 rings (SSSR count). The van der Waals surface area contributed by atoms with E-state index in [0.717, 1.165) is 32.1 Å². The van der Waals surface area contributed by atoms with Crippen LogP contribution in [0, 0.1) is 0 Å². The molecule has 6 nitrogen and oxygen atoms in total. The van der Waals surface area contributed by atoms with Crippen molar-refractivity contribution in [2.45, 2.75) is 44.9 Å². The lowest BCUT2D eigenvalue weighted by Gasteiger charge is -2.03. The van der Waals surface area contributed by atoms with Crippen LogP contribution in [0.2, 0.25) is 20.1 Å². The molecular formula is C23H24Cl4N4O2. The molecular weight excluding hydrogens is 506 g/mol. The quantitative estimate of drug-likeness (QED) is 0.184. The summed E-state index contributed by atoms with van der Waals surface area (Å²) in [6.45, 7) is 0. The van der Waals surface area contributed by atoms with E-state index in [1.807, 2.05) is 0 Å². The summed E-state index contributed by atoms with van der Waals surface area (Å²) in [5.74, 6) is -0.316. The molecule has 2 aromatic rings. The fourth-order valence-corrected chi connectivity index (χ4v) is 3.69. The highest BCUT2D eigenvalue weighted by Gasteiger charge is 2.03. The lowest BCUT2D eigenvalue weighted by Crippen LogP contribution is -2.17. The maximum absolute atomic E-state index is 11.8. The number of hydrogen-bond donors (Lipinski definition) is 2. The first-order valence-electron chi connectivity index (χ1n) is 10.4.